The van der Waals surface area contributed by atoms with Crippen LogP contribution in [0.5, 0.6) is 0 Å². The van der Waals surface area contributed by atoms with Crippen molar-refractivity contribution in [2.24, 2.45) is 0 Å². The highest BCUT2D eigenvalue weighted by atomic mass is 79.9. The van der Waals surface area contributed by atoms with E-state index in [1.54, 1.807) is 10.9 Å². The highest BCUT2D eigenvalue weighted by Crippen LogP contribution is 2.39. The van der Waals surface area contributed by atoms with Crippen LogP contribution in [0.4, 0.5) is 4.79 Å². The molecule has 0 radical (unpaired) electrons. The van der Waals surface area contributed by atoms with Crippen LogP contribution in [0, 0.1) is 6.92 Å². The molecule has 0 saturated carbocycles. The number of benzene rings is 1. The number of aryl methyl sites for hydroxylation is 1. The molecule has 2 heterocycles. The largest absolute Gasteiger partial charge is 0.465 e. The number of rotatable bonds is 5. The lowest BCUT2D eigenvalue weighted by Gasteiger charge is -2.46. The quantitative estimate of drug-likeness (QED) is 0.481. The molecular formula is C23H34BrN3O4Si. The van der Waals surface area contributed by atoms with E-state index in [2.05, 4.69) is 54.8 Å². The molecule has 1 N–H and O–H groups in total. The molecule has 3 rings (SSSR count). The van der Waals surface area contributed by atoms with E-state index in [1.807, 2.05) is 19.1 Å². The van der Waals surface area contributed by atoms with Crippen molar-refractivity contribution in [1.82, 2.24) is 14.5 Å². The van der Waals surface area contributed by atoms with Crippen LogP contribution >= 0.6 is 15.9 Å². The lowest BCUT2D eigenvalue weighted by atomic mass is 9.95. The summed E-state index contributed by atoms with van der Waals surface area (Å²) in [7, 11) is -2.08. The van der Waals surface area contributed by atoms with Crippen molar-refractivity contribution in [3.63, 3.8) is 0 Å². The molecule has 1 aliphatic rings. The summed E-state index contributed by atoms with van der Waals surface area (Å²) >= 11 is 3.55. The molecule has 0 aliphatic carbocycles. The molecular weight excluding hydrogens is 490 g/mol. The number of halogens is 1. The van der Waals surface area contributed by atoms with E-state index in [0.717, 1.165) is 33.9 Å². The molecule has 0 spiro atoms. The fourth-order valence-corrected chi connectivity index (χ4v) is 5.86. The summed E-state index contributed by atoms with van der Waals surface area (Å²) in [5, 5.41) is 9.84. The van der Waals surface area contributed by atoms with Gasteiger partial charge < -0.3 is 14.4 Å². The monoisotopic (exact) mass is 523 g/mol. The Hall–Kier alpha value is -1.71. The van der Waals surface area contributed by atoms with Crippen molar-refractivity contribution in [3.8, 4) is 0 Å². The minimum Gasteiger partial charge on any atom is -0.465 e. The van der Waals surface area contributed by atoms with Crippen LogP contribution in [0.15, 0.2) is 22.9 Å². The number of nitrogens with zero attached hydrogens (tertiary/aromatic N) is 3. The maximum atomic E-state index is 13.1. The van der Waals surface area contributed by atoms with Gasteiger partial charge in [0.1, 0.15) is 11.8 Å². The first-order chi connectivity index (χ1) is 14.8. The van der Waals surface area contributed by atoms with Gasteiger partial charge in [-0.2, -0.15) is 0 Å². The second-order valence-electron chi connectivity index (χ2n) is 10.2. The van der Waals surface area contributed by atoms with Gasteiger partial charge in [0.05, 0.1) is 17.7 Å². The Morgan fingerprint density at radius 1 is 1.31 bits per heavy atom. The Bertz CT molecular complexity index is 1010. The van der Waals surface area contributed by atoms with Crippen LogP contribution in [0.1, 0.15) is 56.8 Å². The van der Waals surface area contributed by atoms with Crippen LogP contribution in [0.2, 0.25) is 18.1 Å². The van der Waals surface area contributed by atoms with Crippen molar-refractivity contribution in [2.75, 3.05) is 6.54 Å². The zero-order chi connectivity index (χ0) is 23.8. The van der Waals surface area contributed by atoms with E-state index in [4.69, 9.17) is 4.43 Å². The number of hydrogen-bond acceptors (Lipinski definition) is 4. The SMILES string of the molecule is Cc1ccc2c(ncn2C(=O)CC[C@@H]2[C@@H](O[Si](C)(C)C(C)(C)C)CCCN2C(=O)O)c1Br. The molecule has 0 unspecified atom stereocenters. The van der Waals surface area contributed by atoms with E-state index in [-0.39, 0.29) is 29.5 Å². The molecule has 1 saturated heterocycles. The van der Waals surface area contributed by atoms with Gasteiger partial charge in [-0.1, -0.05) is 26.8 Å². The number of likely N-dealkylation sites (tertiary alicyclic amines) is 1. The Labute approximate surface area is 199 Å². The highest BCUT2D eigenvalue weighted by molar-refractivity contribution is 9.10. The molecule has 1 fully saturated rings. The number of carboxylic acid groups (broad SMARTS) is 1. The van der Waals surface area contributed by atoms with Crippen molar-refractivity contribution < 1.29 is 19.1 Å². The molecule has 2 atom stereocenters. The molecule has 32 heavy (non-hydrogen) atoms. The molecule has 1 aromatic carbocycles. The first kappa shape index (κ1) is 24.9. The number of imidazole rings is 1. The van der Waals surface area contributed by atoms with Gasteiger partial charge in [0, 0.05) is 17.4 Å². The maximum Gasteiger partial charge on any atom is 0.407 e. The first-order valence-corrected chi connectivity index (χ1v) is 14.9. The van der Waals surface area contributed by atoms with Gasteiger partial charge in [-0.25, -0.2) is 9.78 Å². The summed E-state index contributed by atoms with van der Waals surface area (Å²) in [6.07, 6.45) is 2.66. The maximum absolute atomic E-state index is 13.1. The second-order valence-corrected chi connectivity index (χ2v) is 15.8. The minimum atomic E-state index is -2.08. The Balaban J connectivity index is 1.81. The summed E-state index contributed by atoms with van der Waals surface area (Å²) < 4.78 is 9.11. The van der Waals surface area contributed by atoms with Crippen LogP contribution < -0.4 is 0 Å². The Morgan fingerprint density at radius 3 is 2.62 bits per heavy atom. The number of fused-ring (bicyclic) bond motifs is 1. The van der Waals surface area contributed by atoms with Crippen molar-refractivity contribution in [3.05, 3.63) is 28.5 Å². The molecule has 2 aromatic rings. The molecule has 1 amide bonds. The van der Waals surface area contributed by atoms with E-state index >= 15 is 0 Å². The third-order valence-electron chi connectivity index (χ3n) is 6.99. The lowest BCUT2D eigenvalue weighted by molar-refractivity contribution is 0.0182. The van der Waals surface area contributed by atoms with E-state index < -0.39 is 14.4 Å². The highest BCUT2D eigenvalue weighted by Gasteiger charge is 2.43. The molecule has 176 valence electrons. The number of hydrogen-bond donors (Lipinski definition) is 1. The van der Waals surface area contributed by atoms with Crippen LogP contribution in [-0.2, 0) is 4.43 Å². The second kappa shape index (κ2) is 9.27. The predicted octanol–water partition coefficient (Wildman–Crippen LogP) is 6.06. The minimum absolute atomic E-state index is 0.0279. The van der Waals surface area contributed by atoms with E-state index in [9.17, 15) is 14.7 Å². The van der Waals surface area contributed by atoms with E-state index in [1.165, 1.54) is 4.90 Å². The number of aromatic nitrogens is 2. The Kier molecular flexibility index (Phi) is 7.22. The number of carbonyl (C=O) groups is 2. The van der Waals surface area contributed by atoms with Crippen LogP contribution in [-0.4, -0.2) is 58.6 Å². The number of carbonyl (C=O) groups excluding carboxylic acids is 1. The Morgan fingerprint density at radius 2 is 2.00 bits per heavy atom. The summed E-state index contributed by atoms with van der Waals surface area (Å²) in [5.74, 6) is -0.0924. The van der Waals surface area contributed by atoms with E-state index in [0.29, 0.717) is 13.0 Å². The summed E-state index contributed by atoms with van der Waals surface area (Å²) in [4.78, 5) is 30.9. The van der Waals surface area contributed by atoms with Gasteiger partial charge in [-0.3, -0.25) is 9.36 Å². The zero-order valence-corrected chi connectivity index (χ0v) is 22.4. The normalized spacial score (nSPS) is 20.0. The fraction of sp³-hybridized carbons (Fsp3) is 0.609. The fourth-order valence-electron chi connectivity index (χ4n) is 4.03. The molecule has 1 aliphatic heterocycles. The van der Waals surface area contributed by atoms with Gasteiger partial charge in [-0.05, 0) is 71.9 Å². The van der Waals surface area contributed by atoms with Crippen molar-refractivity contribution >= 4 is 47.3 Å². The number of piperidine rings is 1. The van der Waals surface area contributed by atoms with Gasteiger partial charge >= 0.3 is 6.09 Å². The third-order valence-corrected chi connectivity index (χ3v) is 12.5. The van der Waals surface area contributed by atoms with Gasteiger partial charge in [0.25, 0.3) is 0 Å². The summed E-state index contributed by atoms with van der Waals surface area (Å²) in [6.45, 7) is 13.4. The number of amides is 1. The average molecular weight is 525 g/mol. The zero-order valence-electron chi connectivity index (χ0n) is 19.8. The predicted molar refractivity (Wildman–Crippen MR) is 132 cm³/mol. The topological polar surface area (TPSA) is 84.7 Å². The molecule has 0 bridgehead atoms. The van der Waals surface area contributed by atoms with Crippen molar-refractivity contribution in [1.29, 1.82) is 0 Å². The molecule has 7 nitrogen and oxygen atoms in total. The third kappa shape index (κ3) is 4.94. The summed E-state index contributed by atoms with van der Waals surface area (Å²) in [5.41, 5.74) is 2.56. The molecule has 1 aromatic heterocycles. The lowest BCUT2D eigenvalue weighted by Crippen LogP contribution is -2.56. The van der Waals surface area contributed by atoms with Gasteiger partial charge in [0.15, 0.2) is 8.32 Å². The van der Waals surface area contributed by atoms with Gasteiger partial charge in [0.2, 0.25) is 5.91 Å². The average Bonchev–Trinajstić information content (AvgIpc) is 3.13. The van der Waals surface area contributed by atoms with Crippen LogP contribution in [0.3, 0.4) is 0 Å². The molecule has 9 heteroatoms. The van der Waals surface area contributed by atoms with Crippen molar-refractivity contribution in [2.45, 2.75) is 83.7 Å². The standard InChI is InChI=1S/C23H34BrN3O4Si/c1-15-9-10-17-21(20(15)24)25-14-27(17)19(28)12-11-16-18(8-7-13-26(16)22(29)30)31-32(5,6)23(2,3)4/h9-10,14,16,18H,7-8,11-13H2,1-6H3,(H,29,30)/t16-,18+/m1/s1. The summed E-state index contributed by atoms with van der Waals surface area (Å²) in [6, 6.07) is 3.52. The first-order valence-electron chi connectivity index (χ1n) is 11.2. The van der Waals surface area contributed by atoms with Crippen LogP contribution in [0.25, 0.3) is 11.0 Å². The van der Waals surface area contributed by atoms with Gasteiger partial charge in [-0.15, -0.1) is 0 Å². The smallest absolute Gasteiger partial charge is 0.407 e.